The lowest BCUT2D eigenvalue weighted by Gasteiger charge is -2.09. The number of azo groups is 1. The van der Waals surface area contributed by atoms with Crippen molar-refractivity contribution in [2.75, 3.05) is 5.32 Å². The van der Waals surface area contributed by atoms with Gasteiger partial charge in [0.05, 0.1) is 15.9 Å². The van der Waals surface area contributed by atoms with Crippen molar-refractivity contribution in [3.05, 3.63) is 88.9 Å². The van der Waals surface area contributed by atoms with E-state index in [2.05, 4.69) is 21.6 Å². The quantitative estimate of drug-likeness (QED) is 0.293. The first-order chi connectivity index (χ1) is 14.6. The van der Waals surface area contributed by atoms with E-state index in [0.717, 1.165) is 28.2 Å². The Morgan fingerprint density at radius 2 is 1.83 bits per heavy atom. The second-order valence-corrected chi connectivity index (χ2v) is 7.82. The van der Waals surface area contributed by atoms with Gasteiger partial charge in [0.2, 0.25) is 0 Å². The monoisotopic (exact) mass is 416 g/mol. The number of fused-ring (bicyclic) bond motifs is 1. The molecule has 1 amide bonds. The number of allylic oxidation sites excluding steroid dienone is 5. The number of aliphatic hydroxyl groups excluding tert-OH is 1. The van der Waals surface area contributed by atoms with E-state index in [1.807, 2.05) is 48.6 Å². The lowest BCUT2D eigenvalue weighted by Crippen LogP contribution is -2.14. The molecule has 1 aliphatic rings. The molecule has 2 aromatic carbocycles. The molecule has 0 spiro atoms. The molecule has 0 aliphatic heterocycles. The fourth-order valence-electron chi connectivity index (χ4n) is 3.01. The Morgan fingerprint density at radius 3 is 2.53 bits per heavy atom. The second kappa shape index (κ2) is 8.84. The average Bonchev–Trinajstić information content (AvgIpc) is 3.19. The number of hydrogen-bond acceptors (Lipinski definition) is 6. The van der Waals surface area contributed by atoms with Crippen LogP contribution in [0.15, 0.2) is 94.1 Å². The molecular formula is C23H20N4O2S. The molecular weight excluding hydrogens is 396 g/mol. The number of rotatable bonds is 5. The number of amides is 1. The molecule has 150 valence electrons. The van der Waals surface area contributed by atoms with Crippen LogP contribution in [0.5, 0.6) is 0 Å². The van der Waals surface area contributed by atoms with Crippen molar-refractivity contribution in [1.29, 1.82) is 0 Å². The van der Waals surface area contributed by atoms with Gasteiger partial charge in [0.15, 0.2) is 5.70 Å². The van der Waals surface area contributed by atoms with Gasteiger partial charge in [-0.2, -0.15) is 5.11 Å². The molecule has 30 heavy (non-hydrogen) atoms. The van der Waals surface area contributed by atoms with Crippen LogP contribution in [0.1, 0.15) is 24.8 Å². The van der Waals surface area contributed by atoms with Crippen molar-refractivity contribution in [3.8, 4) is 0 Å². The summed E-state index contributed by atoms with van der Waals surface area (Å²) in [5.74, 6) is -0.693. The second-order valence-electron chi connectivity index (χ2n) is 6.79. The fraction of sp³-hybridized carbons (Fsp3) is 0.130. The molecule has 1 heterocycles. The third kappa shape index (κ3) is 4.52. The van der Waals surface area contributed by atoms with E-state index in [-0.39, 0.29) is 11.5 Å². The molecule has 0 saturated heterocycles. The average molecular weight is 417 g/mol. The summed E-state index contributed by atoms with van der Waals surface area (Å²) in [4.78, 5) is 17.1. The maximum atomic E-state index is 12.4. The molecule has 0 saturated carbocycles. The standard InChI is InChI=1S/C23H20N4O2S/c1-15(28)21(22(29)24-17-7-3-2-4-8-17)27-26-18-13-11-16(12-14-18)23-25-19-9-5-6-10-20(19)30-23/h2-11,13,28H,12,14H2,1H3,(H,24,29). The van der Waals surface area contributed by atoms with E-state index in [9.17, 15) is 9.90 Å². The van der Waals surface area contributed by atoms with Crippen LogP contribution in [-0.2, 0) is 4.79 Å². The van der Waals surface area contributed by atoms with Crippen LogP contribution in [0.25, 0.3) is 15.8 Å². The van der Waals surface area contributed by atoms with Crippen molar-refractivity contribution in [2.24, 2.45) is 10.2 Å². The van der Waals surface area contributed by atoms with E-state index >= 15 is 0 Å². The summed E-state index contributed by atoms with van der Waals surface area (Å²) in [7, 11) is 0. The van der Waals surface area contributed by atoms with E-state index in [1.165, 1.54) is 11.6 Å². The number of thiazole rings is 1. The molecule has 1 aliphatic carbocycles. The van der Waals surface area contributed by atoms with Crippen molar-refractivity contribution in [3.63, 3.8) is 0 Å². The first-order valence-electron chi connectivity index (χ1n) is 9.54. The van der Waals surface area contributed by atoms with Gasteiger partial charge in [0.25, 0.3) is 5.91 Å². The van der Waals surface area contributed by atoms with Gasteiger partial charge < -0.3 is 10.4 Å². The first-order valence-corrected chi connectivity index (χ1v) is 10.4. The maximum absolute atomic E-state index is 12.4. The number of hydrogen-bond donors (Lipinski definition) is 2. The zero-order valence-electron chi connectivity index (χ0n) is 16.4. The predicted octanol–water partition coefficient (Wildman–Crippen LogP) is 6.24. The highest BCUT2D eigenvalue weighted by atomic mass is 32.1. The third-order valence-electron chi connectivity index (χ3n) is 4.56. The number of nitrogens with one attached hydrogen (secondary N) is 1. The van der Waals surface area contributed by atoms with Crippen LogP contribution < -0.4 is 5.32 Å². The molecule has 2 N–H and O–H groups in total. The molecule has 0 unspecified atom stereocenters. The molecule has 0 atom stereocenters. The van der Waals surface area contributed by atoms with E-state index in [0.29, 0.717) is 12.1 Å². The van der Waals surface area contributed by atoms with Gasteiger partial charge in [-0.15, -0.1) is 16.5 Å². The number of benzene rings is 2. The van der Waals surface area contributed by atoms with Gasteiger partial charge in [-0.05, 0) is 55.7 Å². The SMILES string of the molecule is CC(O)=C(N=NC1=CC=C(c2nc3ccccc3s2)CC1)C(=O)Nc1ccccc1. The van der Waals surface area contributed by atoms with Gasteiger partial charge in [-0.1, -0.05) is 36.4 Å². The van der Waals surface area contributed by atoms with Crippen molar-refractivity contribution in [2.45, 2.75) is 19.8 Å². The van der Waals surface area contributed by atoms with Gasteiger partial charge in [-0.25, -0.2) is 4.98 Å². The Labute approximate surface area is 178 Å². The van der Waals surface area contributed by atoms with E-state index in [1.54, 1.807) is 23.5 Å². The molecule has 4 rings (SSSR count). The first kappa shape index (κ1) is 19.7. The zero-order chi connectivity index (χ0) is 20.9. The highest BCUT2D eigenvalue weighted by Crippen LogP contribution is 2.33. The molecule has 0 bridgehead atoms. The zero-order valence-corrected chi connectivity index (χ0v) is 17.2. The number of para-hydroxylation sites is 2. The summed E-state index contributed by atoms with van der Waals surface area (Å²) in [6, 6.07) is 17.1. The predicted molar refractivity (Wildman–Crippen MR) is 120 cm³/mol. The number of nitrogens with zero attached hydrogens (tertiary/aromatic N) is 3. The minimum Gasteiger partial charge on any atom is -0.510 e. The Kier molecular flexibility index (Phi) is 5.81. The van der Waals surface area contributed by atoms with Gasteiger partial charge in [0, 0.05) is 5.69 Å². The Balaban J connectivity index is 1.48. The van der Waals surface area contributed by atoms with Gasteiger partial charge in [-0.3, -0.25) is 4.79 Å². The minimum absolute atomic E-state index is 0.110. The Morgan fingerprint density at radius 1 is 1.07 bits per heavy atom. The number of aromatic nitrogens is 1. The third-order valence-corrected chi connectivity index (χ3v) is 5.68. The van der Waals surface area contributed by atoms with Crippen LogP contribution in [0, 0.1) is 0 Å². The molecule has 0 radical (unpaired) electrons. The Bertz CT molecular complexity index is 1170. The fourth-order valence-corrected chi connectivity index (χ4v) is 4.02. The number of aliphatic hydroxyl groups is 1. The topological polar surface area (TPSA) is 86.9 Å². The van der Waals surface area contributed by atoms with Gasteiger partial charge >= 0.3 is 0 Å². The van der Waals surface area contributed by atoms with Crippen LogP contribution >= 0.6 is 11.3 Å². The molecule has 0 fully saturated rings. The number of carbonyl (C=O) groups is 1. The van der Waals surface area contributed by atoms with E-state index < -0.39 is 5.91 Å². The maximum Gasteiger partial charge on any atom is 0.279 e. The molecule has 7 heteroatoms. The minimum atomic E-state index is -0.507. The normalized spacial score (nSPS) is 15.0. The lowest BCUT2D eigenvalue weighted by molar-refractivity contribution is -0.113. The van der Waals surface area contributed by atoms with Crippen LogP contribution in [0.4, 0.5) is 5.69 Å². The summed E-state index contributed by atoms with van der Waals surface area (Å²) < 4.78 is 1.17. The summed E-state index contributed by atoms with van der Waals surface area (Å²) in [6.45, 7) is 1.42. The summed E-state index contributed by atoms with van der Waals surface area (Å²) in [6.07, 6.45) is 5.35. The van der Waals surface area contributed by atoms with Crippen molar-refractivity contribution in [1.82, 2.24) is 4.98 Å². The van der Waals surface area contributed by atoms with Crippen molar-refractivity contribution < 1.29 is 9.90 Å². The molecule has 1 aromatic heterocycles. The number of carbonyl (C=O) groups excluding carboxylic acids is 1. The van der Waals surface area contributed by atoms with Crippen LogP contribution in [-0.4, -0.2) is 16.0 Å². The largest absolute Gasteiger partial charge is 0.510 e. The van der Waals surface area contributed by atoms with Crippen molar-refractivity contribution >= 4 is 38.7 Å². The van der Waals surface area contributed by atoms with Crippen LogP contribution in [0.2, 0.25) is 0 Å². The van der Waals surface area contributed by atoms with E-state index in [4.69, 9.17) is 4.98 Å². The molecule has 6 nitrogen and oxygen atoms in total. The summed E-state index contributed by atoms with van der Waals surface area (Å²) >= 11 is 1.68. The number of anilines is 1. The van der Waals surface area contributed by atoms with Gasteiger partial charge in [0.1, 0.15) is 10.8 Å². The highest BCUT2D eigenvalue weighted by molar-refractivity contribution is 7.19. The lowest BCUT2D eigenvalue weighted by atomic mass is 10.0. The summed E-state index contributed by atoms with van der Waals surface area (Å²) in [5, 5.41) is 21.8. The summed E-state index contributed by atoms with van der Waals surface area (Å²) in [5.41, 5.74) is 3.42. The smallest absolute Gasteiger partial charge is 0.279 e. The molecule has 3 aromatic rings. The highest BCUT2D eigenvalue weighted by Gasteiger charge is 2.15. The Hall–Kier alpha value is -3.58. The van der Waals surface area contributed by atoms with Crippen LogP contribution in [0.3, 0.4) is 0 Å².